The molecule has 3 rings (SSSR count). The van der Waals surface area contributed by atoms with E-state index in [-0.39, 0.29) is 0 Å². The molecule has 21 heavy (non-hydrogen) atoms. The van der Waals surface area contributed by atoms with Crippen molar-refractivity contribution < 1.29 is 9.15 Å². The fourth-order valence-electron chi connectivity index (χ4n) is 2.76. The molecule has 3 nitrogen and oxygen atoms in total. The van der Waals surface area contributed by atoms with E-state index in [9.17, 15) is 0 Å². The topological polar surface area (TPSA) is 25.6 Å². The van der Waals surface area contributed by atoms with Crippen LogP contribution < -0.4 is 0 Å². The second kappa shape index (κ2) is 7.25. The predicted molar refractivity (Wildman–Crippen MR) is 86.2 cm³/mol. The number of nitrogens with zero attached hydrogens (tertiary/aromatic N) is 1. The average molecular weight is 350 g/mol. The summed E-state index contributed by atoms with van der Waals surface area (Å²) in [6.07, 6.45) is 3.91. The Hall–Kier alpha value is -1.10. The summed E-state index contributed by atoms with van der Waals surface area (Å²) < 4.78 is 12.1. The maximum atomic E-state index is 5.58. The van der Waals surface area contributed by atoms with Crippen LogP contribution in [0.25, 0.3) is 0 Å². The first kappa shape index (κ1) is 14.8. The van der Waals surface area contributed by atoms with Gasteiger partial charge in [-0.2, -0.15) is 0 Å². The van der Waals surface area contributed by atoms with Gasteiger partial charge in [0.25, 0.3) is 0 Å². The van der Waals surface area contributed by atoms with E-state index < -0.39 is 0 Å². The molecule has 0 bridgehead atoms. The Morgan fingerprint density at radius 3 is 2.76 bits per heavy atom. The van der Waals surface area contributed by atoms with Gasteiger partial charge in [0.15, 0.2) is 0 Å². The van der Waals surface area contributed by atoms with Gasteiger partial charge in [-0.15, -0.1) is 0 Å². The Morgan fingerprint density at radius 1 is 1.24 bits per heavy atom. The Kier molecular flexibility index (Phi) is 5.12. The van der Waals surface area contributed by atoms with Crippen LogP contribution in [-0.2, 0) is 17.7 Å². The van der Waals surface area contributed by atoms with Crippen molar-refractivity contribution in [2.75, 3.05) is 19.8 Å². The Labute approximate surface area is 134 Å². The second-order valence-electron chi connectivity index (χ2n) is 5.45. The molecule has 1 unspecified atom stereocenters. The van der Waals surface area contributed by atoms with Gasteiger partial charge in [-0.3, -0.25) is 4.90 Å². The van der Waals surface area contributed by atoms with E-state index in [2.05, 4.69) is 51.2 Å². The second-order valence-corrected chi connectivity index (χ2v) is 6.37. The van der Waals surface area contributed by atoms with Crippen LogP contribution in [0.2, 0.25) is 0 Å². The fourth-order valence-corrected chi connectivity index (χ4v) is 3.10. The summed E-state index contributed by atoms with van der Waals surface area (Å²) in [5.74, 6) is 1.00. The Balaban J connectivity index is 1.64. The van der Waals surface area contributed by atoms with Crippen molar-refractivity contribution in [1.82, 2.24) is 4.90 Å². The standard InChI is InChI=1S/C17H20BrNO2/c18-15-10-17(21-12-15)11-19(16-7-9-20-13-16)8-6-14-4-2-1-3-5-14/h1-5,10,12,16H,6-9,11,13H2. The van der Waals surface area contributed by atoms with Gasteiger partial charge >= 0.3 is 0 Å². The highest BCUT2D eigenvalue weighted by molar-refractivity contribution is 9.10. The van der Waals surface area contributed by atoms with E-state index in [0.717, 1.165) is 49.4 Å². The third kappa shape index (κ3) is 4.19. The van der Waals surface area contributed by atoms with Gasteiger partial charge in [-0.1, -0.05) is 30.3 Å². The van der Waals surface area contributed by atoms with Crippen molar-refractivity contribution >= 4 is 15.9 Å². The molecule has 0 spiro atoms. The molecule has 1 aliphatic heterocycles. The maximum Gasteiger partial charge on any atom is 0.118 e. The summed E-state index contributed by atoms with van der Waals surface area (Å²) in [7, 11) is 0. The molecular weight excluding hydrogens is 330 g/mol. The monoisotopic (exact) mass is 349 g/mol. The average Bonchev–Trinajstić information content (AvgIpc) is 3.16. The molecule has 0 aliphatic carbocycles. The van der Waals surface area contributed by atoms with Crippen LogP contribution in [0.3, 0.4) is 0 Å². The van der Waals surface area contributed by atoms with Crippen LogP contribution in [0.1, 0.15) is 17.7 Å². The lowest BCUT2D eigenvalue weighted by Crippen LogP contribution is -2.36. The molecule has 1 atom stereocenters. The third-order valence-electron chi connectivity index (χ3n) is 3.93. The van der Waals surface area contributed by atoms with Gasteiger partial charge in [0, 0.05) is 19.2 Å². The van der Waals surface area contributed by atoms with Crippen LogP contribution in [0.5, 0.6) is 0 Å². The Morgan fingerprint density at radius 2 is 2.10 bits per heavy atom. The van der Waals surface area contributed by atoms with E-state index in [1.54, 1.807) is 6.26 Å². The Bertz CT molecular complexity index is 549. The number of benzene rings is 1. The molecule has 0 saturated carbocycles. The van der Waals surface area contributed by atoms with Gasteiger partial charge in [0.1, 0.15) is 12.0 Å². The number of hydrogen-bond acceptors (Lipinski definition) is 3. The predicted octanol–water partition coefficient (Wildman–Crippen LogP) is 3.88. The zero-order valence-electron chi connectivity index (χ0n) is 12.0. The molecule has 1 aromatic heterocycles. The fraction of sp³-hybridized carbons (Fsp3) is 0.412. The SMILES string of the molecule is Brc1coc(CN(CCc2ccccc2)C2CCOC2)c1. The normalized spacial score (nSPS) is 18.5. The maximum absolute atomic E-state index is 5.58. The molecule has 2 aromatic rings. The van der Waals surface area contributed by atoms with E-state index in [4.69, 9.17) is 9.15 Å². The summed E-state index contributed by atoms with van der Waals surface area (Å²) >= 11 is 3.44. The van der Waals surface area contributed by atoms with Crippen LogP contribution in [-0.4, -0.2) is 30.7 Å². The van der Waals surface area contributed by atoms with Crippen molar-refractivity contribution in [1.29, 1.82) is 0 Å². The molecule has 1 fully saturated rings. The molecule has 0 N–H and O–H groups in total. The van der Waals surface area contributed by atoms with Gasteiger partial charge in [-0.25, -0.2) is 0 Å². The van der Waals surface area contributed by atoms with E-state index >= 15 is 0 Å². The van der Waals surface area contributed by atoms with Crippen LogP contribution in [0.4, 0.5) is 0 Å². The van der Waals surface area contributed by atoms with Gasteiger partial charge in [-0.05, 0) is 40.4 Å². The van der Waals surface area contributed by atoms with Crippen LogP contribution in [0.15, 0.2) is 51.6 Å². The van der Waals surface area contributed by atoms with Gasteiger partial charge < -0.3 is 9.15 Å². The van der Waals surface area contributed by atoms with Gasteiger partial charge in [0.2, 0.25) is 0 Å². The summed E-state index contributed by atoms with van der Waals surface area (Å²) in [6.45, 7) is 3.56. The van der Waals surface area contributed by atoms with E-state index in [0.29, 0.717) is 6.04 Å². The smallest absolute Gasteiger partial charge is 0.118 e. The summed E-state index contributed by atoms with van der Waals surface area (Å²) in [4.78, 5) is 2.48. The zero-order valence-corrected chi connectivity index (χ0v) is 13.6. The molecule has 112 valence electrons. The van der Waals surface area contributed by atoms with Crippen molar-refractivity contribution in [3.63, 3.8) is 0 Å². The van der Waals surface area contributed by atoms with Crippen molar-refractivity contribution in [2.45, 2.75) is 25.4 Å². The summed E-state index contributed by atoms with van der Waals surface area (Å²) in [6, 6.07) is 13.2. The largest absolute Gasteiger partial charge is 0.467 e. The highest BCUT2D eigenvalue weighted by atomic mass is 79.9. The van der Waals surface area contributed by atoms with Crippen molar-refractivity contribution in [3.8, 4) is 0 Å². The van der Waals surface area contributed by atoms with Gasteiger partial charge in [0.05, 0.1) is 17.6 Å². The summed E-state index contributed by atoms with van der Waals surface area (Å²) in [5.41, 5.74) is 1.38. The zero-order chi connectivity index (χ0) is 14.5. The molecule has 1 aromatic carbocycles. The minimum Gasteiger partial charge on any atom is -0.467 e. The quantitative estimate of drug-likeness (QED) is 0.791. The molecule has 4 heteroatoms. The number of hydrogen-bond donors (Lipinski definition) is 0. The lowest BCUT2D eigenvalue weighted by atomic mass is 10.1. The number of halogens is 1. The first-order valence-electron chi connectivity index (χ1n) is 7.40. The molecule has 1 saturated heterocycles. The minimum atomic E-state index is 0.498. The minimum absolute atomic E-state index is 0.498. The highest BCUT2D eigenvalue weighted by Crippen LogP contribution is 2.20. The van der Waals surface area contributed by atoms with E-state index in [1.165, 1.54) is 5.56 Å². The molecular formula is C17H20BrNO2. The molecule has 0 amide bonds. The third-order valence-corrected chi connectivity index (χ3v) is 4.35. The summed E-state index contributed by atoms with van der Waals surface area (Å²) in [5, 5.41) is 0. The lowest BCUT2D eigenvalue weighted by molar-refractivity contribution is 0.134. The first-order valence-corrected chi connectivity index (χ1v) is 8.19. The molecule has 1 aliphatic rings. The molecule has 2 heterocycles. The number of rotatable bonds is 6. The van der Waals surface area contributed by atoms with E-state index in [1.807, 2.05) is 6.07 Å². The van der Waals surface area contributed by atoms with Crippen LogP contribution in [0, 0.1) is 0 Å². The number of ether oxygens (including phenoxy) is 1. The number of furan rings is 1. The highest BCUT2D eigenvalue weighted by Gasteiger charge is 2.24. The van der Waals surface area contributed by atoms with Crippen molar-refractivity contribution in [2.24, 2.45) is 0 Å². The lowest BCUT2D eigenvalue weighted by Gasteiger charge is -2.26. The van der Waals surface area contributed by atoms with Crippen molar-refractivity contribution in [3.05, 3.63) is 58.5 Å². The first-order chi connectivity index (χ1) is 10.3. The van der Waals surface area contributed by atoms with Crippen LogP contribution >= 0.6 is 15.9 Å². The molecule has 0 radical (unpaired) electrons.